The number of fused-ring (bicyclic) bond motifs is 1. The zero-order valence-corrected chi connectivity index (χ0v) is 10.4. The molecule has 0 bridgehead atoms. The summed E-state index contributed by atoms with van der Waals surface area (Å²) in [6.45, 7) is 0. The van der Waals surface area contributed by atoms with Gasteiger partial charge in [0.15, 0.2) is 0 Å². The topological polar surface area (TPSA) is 66.4 Å². The molecule has 2 rings (SSSR count). The first-order valence-electron chi connectivity index (χ1n) is 6.09. The average Bonchev–Trinajstić information content (AvgIpc) is 2.43. The average molecular weight is 255 g/mol. The van der Waals surface area contributed by atoms with Crippen molar-refractivity contribution in [3.05, 3.63) is 48.0 Å². The molecule has 0 saturated carbocycles. The van der Waals surface area contributed by atoms with E-state index in [1.54, 1.807) is 0 Å². The standard InChI is InChI=1S/C14H14BNO3/c17-14(18)13(16-9-15-19)8-11-6-3-5-10-4-1-2-7-12(10)11/h1-7,13,16H,8-9H2,(H,17,18)/t13-/m0/s1. The van der Waals surface area contributed by atoms with Crippen LogP contribution in [0.3, 0.4) is 0 Å². The van der Waals surface area contributed by atoms with Crippen LogP contribution < -0.4 is 5.32 Å². The first-order chi connectivity index (χ1) is 9.22. The quantitative estimate of drug-likeness (QED) is 0.766. The van der Waals surface area contributed by atoms with Gasteiger partial charge in [-0.3, -0.25) is 0 Å². The Kier molecular flexibility index (Phi) is 4.41. The van der Waals surface area contributed by atoms with Crippen molar-refractivity contribution >= 4 is 23.9 Å². The molecular weight excluding hydrogens is 241 g/mol. The Balaban J connectivity index is 2.28. The second-order valence-electron chi connectivity index (χ2n) is 4.31. The Labute approximate surface area is 111 Å². The van der Waals surface area contributed by atoms with E-state index in [0.717, 1.165) is 16.3 Å². The number of carboxylic acids is 1. The van der Waals surface area contributed by atoms with Crippen molar-refractivity contribution in [2.45, 2.75) is 12.5 Å². The van der Waals surface area contributed by atoms with E-state index >= 15 is 0 Å². The molecule has 2 aromatic rings. The zero-order valence-electron chi connectivity index (χ0n) is 10.4. The number of rotatable bonds is 6. The predicted octanol–water partition coefficient (Wildman–Crippen LogP) is 1.43. The summed E-state index contributed by atoms with van der Waals surface area (Å²) < 4.78 is 10.3. The summed E-state index contributed by atoms with van der Waals surface area (Å²) in [6, 6.07) is 12.9. The number of carbonyl (C=O) groups is 1. The molecule has 0 aromatic heterocycles. The van der Waals surface area contributed by atoms with Crippen molar-refractivity contribution in [1.82, 2.24) is 5.32 Å². The summed E-state index contributed by atoms with van der Waals surface area (Å²) in [6.07, 6.45) is 0.395. The van der Waals surface area contributed by atoms with E-state index < -0.39 is 12.0 Å². The van der Waals surface area contributed by atoms with E-state index in [2.05, 4.69) is 5.32 Å². The Morgan fingerprint density at radius 3 is 2.68 bits per heavy atom. The Hall–Kier alpha value is -2.01. The van der Waals surface area contributed by atoms with Gasteiger partial charge in [0.05, 0.1) is 0 Å². The van der Waals surface area contributed by atoms with Gasteiger partial charge < -0.3 is 0 Å². The molecule has 0 spiro atoms. The molecule has 0 heterocycles. The van der Waals surface area contributed by atoms with Gasteiger partial charge in [-0.25, -0.2) is 0 Å². The van der Waals surface area contributed by atoms with Crippen molar-refractivity contribution in [2.75, 3.05) is 6.44 Å². The molecule has 0 aliphatic rings. The monoisotopic (exact) mass is 255 g/mol. The normalized spacial score (nSPS) is 12.0. The number of benzene rings is 2. The number of aliphatic carboxylic acids is 1. The van der Waals surface area contributed by atoms with E-state index in [1.807, 2.05) is 42.5 Å². The van der Waals surface area contributed by atoms with Gasteiger partial charge in [0.2, 0.25) is 0 Å². The van der Waals surface area contributed by atoms with Crippen LogP contribution in [-0.4, -0.2) is 30.7 Å². The van der Waals surface area contributed by atoms with Gasteiger partial charge in [-0.05, 0) is 0 Å². The third-order valence-electron chi connectivity index (χ3n) is 3.05. The van der Waals surface area contributed by atoms with Crippen LogP contribution in [0.5, 0.6) is 0 Å². The molecule has 0 aliphatic carbocycles. The summed E-state index contributed by atoms with van der Waals surface area (Å²) in [5.74, 6) is -0.949. The van der Waals surface area contributed by atoms with Gasteiger partial charge in [-0.2, -0.15) is 0 Å². The molecule has 2 aromatic carbocycles. The molecule has 0 unspecified atom stereocenters. The van der Waals surface area contributed by atoms with Crippen LogP contribution in [0.2, 0.25) is 0 Å². The first-order valence-corrected chi connectivity index (χ1v) is 6.09. The molecule has 0 fully saturated rings. The van der Waals surface area contributed by atoms with Crippen LogP contribution in [0.25, 0.3) is 10.8 Å². The third kappa shape index (κ3) is 3.26. The van der Waals surface area contributed by atoms with Gasteiger partial charge in [0.1, 0.15) is 0 Å². The summed E-state index contributed by atoms with van der Waals surface area (Å²) in [7, 11) is 0.666. The fourth-order valence-electron chi connectivity index (χ4n) is 2.13. The Bertz CT molecular complexity index is 595. The van der Waals surface area contributed by atoms with Crippen LogP contribution in [0.4, 0.5) is 0 Å². The van der Waals surface area contributed by atoms with Crippen molar-refractivity contribution < 1.29 is 14.6 Å². The molecular formula is C14H14BNO3. The minimum absolute atomic E-state index is 0.0434. The van der Waals surface area contributed by atoms with E-state index in [4.69, 9.17) is 5.11 Å². The van der Waals surface area contributed by atoms with Crippen LogP contribution in [0.15, 0.2) is 42.5 Å². The van der Waals surface area contributed by atoms with Gasteiger partial charge in [-0.15, -0.1) is 0 Å². The van der Waals surface area contributed by atoms with Crippen molar-refractivity contribution in [3.8, 4) is 0 Å². The number of hydrogen-bond donors (Lipinski definition) is 2. The van der Waals surface area contributed by atoms with Gasteiger partial charge in [0, 0.05) is 0 Å². The van der Waals surface area contributed by atoms with E-state index in [-0.39, 0.29) is 6.44 Å². The van der Waals surface area contributed by atoms with Crippen LogP contribution in [0, 0.1) is 0 Å². The second-order valence-corrected chi connectivity index (χ2v) is 4.31. The Morgan fingerprint density at radius 1 is 1.21 bits per heavy atom. The molecule has 96 valence electrons. The number of carboxylic acid groups (broad SMARTS) is 1. The van der Waals surface area contributed by atoms with E-state index in [9.17, 15) is 9.50 Å². The fraction of sp³-hybridized carbons (Fsp3) is 0.214. The Morgan fingerprint density at radius 2 is 1.95 bits per heavy atom. The minimum atomic E-state index is -0.949. The predicted molar refractivity (Wildman–Crippen MR) is 73.5 cm³/mol. The fourth-order valence-corrected chi connectivity index (χ4v) is 2.13. The van der Waals surface area contributed by atoms with E-state index in [0.29, 0.717) is 13.6 Å². The second kappa shape index (κ2) is 6.25. The maximum absolute atomic E-state index is 11.2. The molecule has 1 atom stereocenters. The van der Waals surface area contributed by atoms with Crippen molar-refractivity contribution in [1.29, 1.82) is 0 Å². The molecule has 0 radical (unpaired) electrons. The number of nitrogens with one attached hydrogen (secondary N) is 1. The van der Waals surface area contributed by atoms with Gasteiger partial charge in [-0.1, -0.05) is 0 Å². The van der Waals surface area contributed by atoms with Crippen molar-refractivity contribution in [2.24, 2.45) is 0 Å². The van der Waals surface area contributed by atoms with Gasteiger partial charge >= 0.3 is 111 Å². The van der Waals surface area contributed by atoms with E-state index in [1.165, 1.54) is 0 Å². The zero-order chi connectivity index (χ0) is 13.7. The number of hydrogen-bond acceptors (Lipinski definition) is 3. The summed E-state index contributed by atoms with van der Waals surface area (Å²) in [4.78, 5) is 11.2. The van der Waals surface area contributed by atoms with Crippen molar-refractivity contribution in [3.63, 3.8) is 0 Å². The first kappa shape index (κ1) is 13.4. The molecule has 2 N–H and O–H groups in total. The molecule has 5 heteroatoms. The summed E-state index contributed by atoms with van der Waals surface area (Å²) in [5.41, 5.74) is 0.962. The molecule has 4 nitrogen and oxygen atoms in total. The summed E-state index contributed by atoms with van der Waals surface area (Å²) in [5, 5.41) is 14.0. The maximum atomic E-state index is 11.2. The molecule has 0 amide bonds. The third-order valence-corrected chi connectivity index (χ3v) is 3.05. The summed E-state index contributed by atoms with van der Waals surface area (Å²) >= 11 is 0. The molecule has 0 aliphatic heterocycles. The van der Waals surface area contributed by atoms with Gasteiger partial charge in [0.25, 0.3) is 0 Å². The molecule has 0 saturated heterocycles. The molecule has 19 heavy (non-hydrogen) atoms. The van der Waals surface area contributed by atoms with Crippen LogP contribution in [0.1, 0.15) is 5.56 Å². The van der Waals surface area contributed by atoms with Crippen LogP contribution in [-0.2, 0) is 15.9 Å². The SMILES string of the molecule is O=BCN[C@@H](Cc1cccc2ccccc12)C(=O)O. The van der Waals surface area contributed by atoms with Crippen LogP contribution >= 0.6 is 0 Å².